The van der Waals surface area contributed by atoms with Gasteiger partial charge in [-0.1, -0.05) is 25.1 Å². The summed E-state index contributed by atoms with van der Waals surface area (Å²) in [4.78, 5) is 32.8. The molecule has 2 unspecified atom stereocenters. The van der Waals surface area contributed by atoms with E-state index in [1.54, 1.807) is 40.3 Å². The van der Waals surface area contributed by atoms with E-state index in [9.17, 15) is 14.0 Å². The van der Waals surface area contributed by atoms with Crippen molar-refractivity contribution in [1.29, 1.82) is 0 Å². The molecule has 2 saturated heterocycles. The van der Waals surface area contributed by atoms with Crippen molar-refractivity contribution >= 4 is 17.5 Å². The summed E-state index contributed by atoms with van der Waals surface area (Å²) < 4.78 is 14.3. The fourth-order valence-electron chi connectivity index (χ4n) is 4.09. The number of carbonyl (C=O) groups is 2. The normalized spacial score (nSPS) is 22.5. The van der Waals surface area contributed by atoms with Crippen LogP contribution in [0.5, 0.6) is 0 Å². The van der Waals surface area contributed by atoms with Gasteiger partial charge in [0.2, 0.25) is 5.91 Å². The van der Waals surface area contributed by atoms with Crippen molar-refractivity contribution in [3.05, 3.63) is 59.7 Å². The zero-order valence-electron chi connectivity index (χ0n) is 15.3. The molecule has 2 fully saturated rings. The monoisotopic (exact) mass is 367 g/mol. The Kier molecular flexibility index (Phi) is 4.64. The summed E-state index contributed by atoms with van der Waals surface area (Å²) >= 11 is 0. The number of likely N-dealkylation sites (tertiary alicyclic amines) is 1. The molecule has 0 N–H and O–H groups in total. The molecule has 2 aliphatic rings. The third kappa shape index (κ3) is 3.31. The predicted octanol–water partition coefficient (Wildman–Crippen LogP) is 3.57. The van der Waals surface area contributed by atoms with E-state index in [1.807, 2.05) is 0 Å². The summed E-state index contributed by atoms with van der Waals surface area (Å²) in [7, 11) is 0. The van der Waals surface area contributed by atoms with Crippen molar-refractivity contribution in [3.8, 4) is 0 Å². The van der Waals surface area contributed by atoms with Gasteiger partial charge in [0.1, 0.15) is 5.82 Å². The van der Waals surface area contributed by atoms with E-state index < -0.39 is 0 Å². The van der Waals surface area contributed by atoms with Crippen LogP contribution in [0.3, 0.4) is 0 Å². The predicted molar refractivity (Wildman–Crippen MR) is 99.8 cm³/mol. The Hall–Kier alpha value is -2.76. The number of aromatic nitrogens is 1. The van der Waals surface area contributed by atoms with Gasteiger partial charge in [-0.15, -0.1) is 0 Å². The van der Waals surface area contributed by atoms with E-state index >= 15 is 0 Å². The molecule has 0 radical (unpaired) electrons. The number of hydrogen-bond acceptors (Lipinski definition) is 3. The lowest BCUT2D eigenvalue weighted by Crippen LogP contribution is -2.32. The SMILES string of the molecule is CC1CC(c2ccccc2F)N(C(=O)c2cncc(N3CCCC3=O)c2)C1. The fourth-order valence-corrected chi connectivity index (χ4v) is 4.09. The van der Waals surface area contributed by atoms with Gasteiger partial charge in [0.05, 0.1) is 23.5 Å². The summed E-state index contributed by atoms with van der Waals surface area (Å²) in [5.41, 5.74) is 1.63. The first kappa shape index (κ1) is 17.6. The van der Waals surface area contributed by atoms with Crippen LogP contribution in [0.1, 0.15) is 48.1 Å². The van der Waals surface area contributed by atoms with Gasteiger partial charge in [-0.3, -0.25) is 14.6 Å². The highest BCUT2D eigenvalue weighted by Crippen LogP contribution is 2.37. The zero-order valence-corrected chi connectivity index (χ0v) is 15.3. The van der Waals surface area contributed by atoms with Gasteiger partial charge in [-0.2, -0.15) is 0 Å². The van der Waals surface area contributed by atoms with Crippen LogP contribution < -0.4 is 4.90 Å². The standard InChI is InChI=1S/C21H22FN3O2/c1-14-9-19(17-5-2-3-6-18(17)22)25(13-14)21(27)15-10-16(12-23-11-15)24-8-4-7-20(24)26/h2-3,5-6,10-12,14,19H,4,7-9,13H2,1H3. The van der Waals surface area contributed by atoms with Crippen molar-refractivity contribution in [1.82, 2.24) is 9.88 Å². The second kappa shape index (κ2) is 7.10. The molecule has 1 aromatic heterocycles. The molecule has 6 heteroatoms. The lowest BCUT2D eigenvalue weighted by atomic mass is 10.0. The van der Waals surface area contributed by atoms with Gasteiger partial charge in [0, 0.05) is 31.3 Å². The molecular formula is C21H22FN3O2. The third-order valence-electron chi connectivity index (χ3n) is 5.39. The molecule has 140 valence electrons. The maximum atomic E-state index is 14.3. The summed E-state index contributed by atoms with van der Waals surface area (Å²) in [6, 6.07) is 8.07. The molecule has 27 heavy (non-hydrogen) atoms. The number of hydrogen-bond donors (Lipinski definition) is 0. The van der Waals surface area contributed by atoms with Crippen LogP contribution in [0, 0.1) is 11.7 Å². The maximum absolute atomic E-state index is 14.3. The van der Waals surface area contributed by atoms with Crippen LogP contribution in [0.2, 0.25) is 0 Å². The molecule has 2 aromatic rings. The Morgan fingerprint density at radius 3 is 2.81 bits per heavy atom. The number of anilines is 1. The molecule has 3 heterocycles. The first-order valence-corrected chi connectivity index (χ1v) is 9.35. The highest BCUT2D eigenvalue weighted by Gasteiger charge is 2.36. The number of benzene rings is 1. The largest absolute Gasteiger partial charge is 0.331 e. The number of pyridine rings is 1. The Morgan fingerprint density at radius 2 is 2.07 bits per heavy atom. The molecule has 0 spiro atoms. The summed E-state index contributed by atoms with van der Waals surface area (Å²) in [5.74, 6) is -0.118. The van der Waals surface area contributed by atoms with E-state index in [2.05, 4.69) is 11.9 Å². The van der Waals surface area contributed by atoms with Gasteiger partial charge in [-0.05, 0) is 30.9 Å². The molecule has 0 aliphatic carbocycles. The van der Waals surface area contributed by atoms with E-state index in [0.29, 0.717) is 36.3 Å². The number of rotatable bonds is 3. The molecule has 0 saturated carbocycles. The molecule has 1 aromatic carbocycles. The lowest BCUT2D eigenvalue weighted by molar-refractivity contribution is -0.117. The quantitative estimate of drug-likeness (QED) is 0.833. The first-order valence-electron chi connectivity index (χ1n) is 9.35. The minimum atomic E-state index is -0.288. The van der Waals surface area contributed by atoms with E-state index in [1.165, 1.54) is 12.3 Å². The van der Waals surface area contributed by atoms with Gasteiger partial charge in [0.25, 0.3) is 5.91 Å². The summed E-state index contributed by atoms with van der Waals surface area (Å²) in [6.07, 6.45) is 5.20. The van der Waals surface area contributed by atoms with Crippen LogP contribution in [0.15, 0.2) is 42.7 Å². The highest BCUT2D eigenvalue weighted by atomic mass is 19.1. The minimum absolute atomic E-state index is 0.0560. The molecule has 2 atom stereocenters. The number of carbonyl (C=O) groups excluding carboxylic acids is 2. The lowest BCUT2D eigenvalue weighted by Gasteiger charge is -2.26. The van der Waals surface area contributed by atoms with Crippen molar-refractivity contribution in [2.75, 3.05) is 18.0 Å². The third-order valence-corrected chi connectivity index (χ3v) is 5.39. The topological polar surface area (TPSA) is 53.5 Å². The average molecular weight is 367 g/mol. The average Bonchev–Trinajstić information content (AvgIpc) is 3.27. The van der Waals surface area contributed by atoms with Gasteiger partial charge < -0.3 is 9.80 Å². The van der Waals surface area contributed by atoms with Crippen LogP contribution in [-0.2, 0) is 4.79 Å². The van der Waals surface area contributed by atoms with Crippen molar-refractivity contribution in [2.24, 2.45) is 5.92 Å². The Labute approximate surface area is 157 Å². The Balaban J connectivity index is 1.63. The van der Waals surface area contributed by atoms with Crippen molar-refractivity contribution in [3.63, 3.8) is 0 Å². The highest BCUT2D eigenvalue weighted by molar-refractivity contribution is 5.98. The Bertz CT molecular complexity index is 885. The maximum Gasteiger partial charge on any atom is 0.256 e. The van der Waals surface area contributed by atoms with Crippen molar-refractivity contribution < 1.29 is 14.0 Å². The summed E-state index contributed by atoms with van der Waals surface area (Å²) in [6.45, 7) is 3.29. The van der Waals surface area contributed by atoms with Crippen LogP contribution >= 0.6 is 0 Å². The second-order valence-corrected chi connectivity index (χ2v) is 7.42. The molecule has 5 nitrogen and oxygen atoms in total. The molecule has 2 aliphatic heterocycles. The first-order chi connectivity index (χ1) is 13.0. The van der Waals surface area contributed by atoms with Gasteiger partial charge in [0.15, 0.2) is 0 Å². The van der Waals surface area contributed by atoms with Crippen LogP contribution in [0.4, 0.5) is 10.1 Å². The second-order valence-electron chi connectivity index (χ2n) is 7.42. The molecule has 0 bridgehead atoms. The minimum Gasteiger partial charge on any atom is -0.331 e. The zero-order chi connectivity index (χ0) is 19.0. The smallest absolute Gasteiger partial charge is 0.256 e. The molecule has 4 rings (SSSR count). The molecule has 2 amide bonds. The van der Waals surface area contributed by atoms with Gasteiger partial charge in [-0.25, -0.2) is 4.39 Å². The number of nitrogens with zero attached hydrogens (tertiary/aromatic N) is 3. The van der Waals surface area contributed by atoms with E-state index in [-0.39, 0.29) is 29.6 Å². The van der Waals surface area contributed by atoms with Crippen LogP contribution in [-0.4, -0.2) is 34.8 Å². The number of amides is 2. The van der Waals surface area contributed by atoms with E-state index in [0.717, 1.165) is 12.8 Å². The van der Waals surface area contributed by atoms with E-state index in [4.69, 9.17) is 0 Å². The van der Waals surface area contributed by atoms with Crippen molar-refractivity contribution in [2.45, 2.75) is 32.2 Å². The molecular weight excluding hydrogens is 345 g/mol. The Morgan fingerprint density at radius 1 is 1.26 bits per heavy atom. The van der Waals surface area contributed by atoms with Gasteiger partial charge >= 0.3 is 0 Å². The van der Waals surface area contributed by atoms with Crippen LogP contribution in [0.25, 0.3) is 0 Å². The fraction of sp³-hybridized carbons (Fsp3) is 0.381. The number of halogens is 1. The summed E-state index contributed by atoms with van der Waals surface area (Å²) in [5, 5.41) is 0.